The van der Waals surface area contributed by atoms with E-state index in [4.69, 9.17) is 4.52 Å². The van der Waals surface area contributed by atoms with E-state index < -0.39 is 0 Å². The molecule has 0 radical (unpaired) electrons. The summed E-state index contributed by atoms with van der Waals surface area (Å²) >= 11 is 1.35. The molecule has 0 fully saturated rings. The minimum atomic E-state index is 0.148. The number of aromatic nitrogens is 4. The summed E-state index contributed by atoms with van der Waals surface area (Å²) in [6.07, 6.45) is 3.32. The molecule has 86 valence electrons. The van der Waals surface area contributed by atoms with Crippen molar-refractivity contribution >= 4 is 11.3 Å². The Bertz CT molecular complexity index is 600. The number of rotatable bonds is 2. The summed E-state index contributed by atoms with van der Waals surface area (Å²) in [4.78, 5) is 8.79. The normalized spacial score (nSPS) is 10.9. The van der Waals surface area contributed by atoms with Crippen LogP contribution < -0.4 is 0 Å². The fraction of sp³-hybridized carbons (Fsp3) is 0.100. The first-order chi connectivity index (χ1) is 8.25. The predicted molar refractivity (Wildman–Crippen MR) is 61.5 cm³/mol. The molecule has 0 saturated heterocycles. The van der Waals surface area contributed by atoms with Crippen LogP contribution in [0, 0.1) is 0 Å². The van der Waals surface area contributed by atoms with Gasteiger partial charge in [-0.15, -0.1) is 11.3 Å². The van der Waals surface area contributed by atoms with Crippen molar-refractivity contribution in [3.63, 3.8) is 0 Å². The molecule has 3 heterocycles. The third kappa shape index (κ3) is 1.60. The Balaban J connectivity index is 2.05. The zero-order chi connectivity index (χ0) is 11.8. The zero-order valence-electron chi connectivity index (χ0n) is 8.86. The average Bonchev–Trinajstić information content (AvgIpc) is 2.97. The molecule has 7 heteroatoms. The van der Waals surface area contributed by atoms with E-state index in [1.807, 2.05) is 7.05 Å². The van der Waals surface area contributed by atoms with Gasteiger partial charge in [0.05, 0.1) is 12.5 Å². The molecule has 0 aromatic carbocycles. The number of aryl methyl sites for hydroxylation is 1. The van der Waals surface area contributed by atoms with Gasteiger partial charge in [0, 0.05) is 7.05 Å². The second-order valence-corrected chi connectivity index (χ2v) is 4.36. The standard InChI is InChI=1S/C10H8N4O2S/c1-14-5-11-4-6(14)9-12-10(16-13-9)8-7(15)2-3-17-8/h2-5,15H,1H3. The summed E-state index contributed by atoms with van der Waals surface area (Å²) in [5.74, 6) is 0.914. The molecular weight excluding hydrogens is 240 g/mol. The molecule has 0 spiro atoms. The molecule has 0 atom stereocenters. The van der Waals surface area contributed by atoms with Gasteiger partial charge in [0.15, 0.2) is 0 Å². The van der Waals surface area contributed by atoms with Gasteiger partial charge in [-0.1, -0.05) is 5.16 Å². The molecule has 0 aliphatic carbocycles. The van der Waals surface area contributed by atoms with Crippen molar-refractivity contribution in [3.8, 4) is 28.0 Å². The van der Waals surface area contributed by atoms with Crippen LogP contribution in [0.15, 0.2) is 28.5 Å². The van der Waals surface area contributed by atoms with E-state index in [0.717, 1.165) is 5.69 Å². The largest absolute Gasteiger partial charge is 0.506 e. The fourth-order valence-corrected chi connectivity index (χ4v) is 2.16. The zero-order valence-corrected chi connectivity index (χ0v) is 9.68. The van der Waals surface area contributed by atoms with Crippen LogP contribution in [-0.4, -0.2) is 24.8 Å². The first kappa shape index (κ1) is 10.0. The quantitative estimate of drug-likeness (QED) is 0.749. The van der Waals surface area contributed by atoms with Crippen molar-refractivity contribution < 1.29 is 9.63 Å². The number of thiophene rings is 1. The molecule has 0 aliphatic rings. The van der Waals surface area contributed by atoms with E-state index in [2.05, 4.69) is 15.1 Å². The third-order valence-electron chi connectivity index (χ3n) is 2.31. The Labute approximate surface area is 100 Å². The summed E-state index contributed by atoms with van der Waals surface area (Å²) < 4.78 is 6.91. The maximum absolute atomic E-state index is 9.56. The van der Waals surface area contributed by atoms with Crippen LogP contribution in [0.3, 0.4) is 0 Å². The molecule has 0 saturated carbocycles. The van der Waals surface area contributed by atoms with E-state index in [1.54, 1.807) is 28.5 Å². The number of aromatic hydroxyl groups is 1. The molecule has 3 aromatic heterocycles. The Morgan fingerprint density at radius 3 is 3.00 bits per heavy atom. The van der Waals surface area contributed by atoms with Crippen molar-refractivity contribution in [2.75, 3.05) is 0 Å². The molecule has 1 N–H and O–H groups in total. The lowest BCUT2D eigenvalue weighted by Crippen LogP contribution is -1.90. The molecular formula is C10H8N4O2S. The van der Waals surface area contributed by atoms with Gasteiger partial charge in [-0.3, -0.25) is 0 Å². The second kappa shape index (κ2) is 3.70. The van der Waals surface area contributed by atoms with Gasteiger partial charge in [-0.25, -0.2) is 4.98 Å². The van der Waals surface area contributed by atoms with Crippen LogP contribution in [-0.2, 0) is 7.05 Å². The van der Waals surface area contributed by atoms with Crippen LogP contribution in [0.4, 0.5) is 0 Å². The Hall–Kier alpha value is -2.15. The van der Waals surface area contributed by atoms with Crippen molar-refractivity contribution in [3.05, 3.63) is 24.0 Å². The molecule has 0 unspecified atom stereocenters. The van der Waals surface area contributed by atoms with Crippen molar-refractivity contribution in [2.24, 2.45) is 7.05 Å². The molecule has 17 heavy (non-hydrogen) atoms. The fourth-order valence-electron chi connectivity index (χ4n) is 1.45. The van der Waals surface area contributed by atoms with Gasteiger partial charge >= 0.3 is 0 Å². The van der Waals surface area contributed by atoms with Gasteiger partial charge in [-0.2, -0.15) is 4.98 Å². The number of hydrogen-bond acceptors (Lipinski definition) is 6. The average molecular weight is 248 g/mol. The van der Waals surface area contributed by atoms with E-state index in [1.165, 1.54) is 11.3 Å². The monoisotopic (exact) mass is 248 g/mol. The Morgan fingerprint density at radius 1 is 1.47 bits per heavy atom. The number of nitrogens with zero attached hydrogens (tertiary/aromatic N) is 4. The van der Waals surface area contributed by atoms with Gasteiger partial charge in [0.1, 0.15) is 16.3 Å². The van der Waals surface area contributed by atoms with Gasteiger partial charge in [-0.05, 0) is 11.4 Å². The number of imidazole rings is 1. The summed E-state index contributed by atoms with van der Waals surface area (Å²) in [5, 5.41) is 15.2. The van der Waals surface area contributed by atoms with Crippen molar-refractivity contribution in [1.82, 2.24) is 19.7 Å². The van der Waals surface area contributed by atoms with E-state index in [0.29, 0.717) is 16.6 Å². The van der Waals surface area contributed by atoms with Crippen LogP contribution in [0.2, 0.25) is 0 Å². The third-order valence-corrected chi connectivity index (χ3v) is 3.20. The molecule has 0 amide bonds. The van der Waals surface area contributed by atoms with Crippen molar-refractivity contribution in [2.45, 2.75) is 0 Å². The smallest absolute Gasteiger partial charge is 0.272 e. The Morgan fingerprint density at radius 2 is 2.35 bits per heavy atom. The van der Waals surface area contributed by atoms with E-state index in [-0.39, 0.29) is 5.75 Å². The summed E-state index contributed by atoms with van der Waals surface area (Å²) in [6, 6.07) is 1.59. The van der Waals surface area contributed by atoms with E-state index >= 15 is 0 Å². The van der Waals surface area contributed by atoms with Gasteiger partial charge in [0.2, 0.25) is 5.82 Å². The predicted octanol–water partition coefficient (Wildman–Crippen LogP) is 1.90. The minimum Gasteiger partial charge on any atom is -0.506 e. The summed E-state index contributed by atoms with van der Waals surface area (Å²) in [6.45, 7) is 0. The highest BCUT2D eigenvalue weighted by molar-refractivity contribution is 7.13. The lowest BCUT2D eigenvalue weighted by atomic mass is 10.4. The lowest BCUT2D eigenvalue weighted by Gasteiger charge is -1.93. The van der Waals surface area contributed by atoms with Gasteiger partial charge < -0.3 is 14.2 Å². The lowest BCUT2D eigenvalue weighted by molar-refractivity contribution is 0.427. The molecule has 3 aromatic rings. The van der Waals surface area contributed by atoms with Crippen LogP contribution in [0.1, 0.15) is 0 Å². The maximum atomic E-state index is 9.56. The highest BCUT2D eigenvalue weighted by Crippen LogP contribution is 2.34. The molecule has 0 bridgehead atoms. The topological polar surface area (TPSA) is 77.0 Å². The van der Waals surface area contributed by atoms with Crippen LogP contribution >= 0.6 is 11.3 Å². The SMILES string of the molecule is Cn1cncc1-c1noc(-c2sccc2O)n1. The van der Waals surface area contributed by atoms with E-state index in [9.17, 15) is 5.11 Å². The van der Waals surface area contributed by atoms with Crippen LogP contribution in [0.5, 0.6) is 5.75 Å². The molecule has 3 rings (SSSR count). The highest BCUT2D eigenvalue weighted by Gasteiger charge is 2.16. The molecule has 0 aliphatic heterocycles. The van der Waals surface area contributed by atoms with Gasteiger partial charge in [0.25, 0.3) is 5.89 Å². The summed E-state index contributed by atoms with van der Waals surface area (Å²) in [5.41, 5.74) is 0.760. The first-order valence-electron chi connectivity index (χ1n) is 4.83. The second-order valence-electron chi connectivity index (χ2n) is 3.45. The summed E-state index contributed by atoms with van der Waals surface area (Å²) in [7, 11) is 1.85. The Kier molecular flexibility index (Phi) is 2.19. The van der Waals surface area contributed by atoms with Crippen LogP contribution in [0.25, 0.3) is 22.3 Å². The highest BCUT2D eigenvalue weighted by atomic mass is 32.1. The minimum absolute atomic E-state index is 0.148. The first-order valence-corrected chi connectivity index (χ1v) is 5.71. The molecule has 6 nitrogen and oxygen atoms in total. The van der Waals surface area contributed by atoms with Crippen molar-refractivity contribution in [1.29, 1.82) is 0 Å². The maximum Gasteiger partial charge on any atom is 0.272 e. The number of hydrogen-bond donors (Lipinski definition) is 1.